The third-order valence-electron chi connectivity index (χ3n) is 4.56. The van der Waals surface area contributed by atoms with E-state index >= 15 is 0 Å². The van der Waals surface area contributed by atoms with Crippen molar-refractivity contribution in [1.29, 1.82) is 0 Å². The average molecular weight is 251 g/mol. The van der Waals surface area contributed by atoms with Crippen LogP contribution in [0, 0.1) is 11.8 Å². The largest absolute Gasteiger partial charge is 0.388 e. The molecule has 1 fully saturated rings. The zero-order chi connectivity index (χ0) is 13.7. The molecule has 4 nitrogen and oxygen atoms in total. The number of carbonyl (C=O) groups is 2. The van der Waals surface area contributed by atoms with Crippen LogP contribution in [0.15, 0.2) is 12.2 Å². The lowest BCUT2D eigenvalue weighted by Crippen LogP contribution is -2.60. The molecule has 18 heavy (non-hydrogen) atoms. The van der Waals surface area contributed by atoms with Crippen molar-refractivity contribution in [2.75, 3.05) is 0 Å². The van der Waals surface area contributed by atoms with Crippen molar-refractivity contribution in [2.45, 2.75) is 51.7 Å². The van der Waals surface area contributed by atoms with Crippen LogP contribution in [0.5, 0.6) is 0 Å². The van der Waals surface area contributed by atoms with E-state index in [0.29, 0.717) is 12.8 Å². The molecular weight excluding hydrogens is 230 g/mol. The summed E-state index contributed by atoms with van der Waals surface area (Å²) < 4.78 is 0. The van der Waals surface area contributed by atoms with Crippen LogP contribution in [0.25, 0.3) is 0 Å². The second kappa shape index (κ2) is 3.92. The second-order valence-corrected chi connectivity index (χ2v) is 6.29. The number of imide groups is 1. The molecule has 1 saturated heterocycles. The lowest BCUT2D eigenvalue weighted by Gasteiger charge is -2.43. The third kappa shape index (κ3) is 1.70. The van der Waals surface area contributed by atoms with E-state index in [-0.39, 0.29) is 23.7 Å². The summed E-state index contributed by atoms with van der Waals surface area (Å²) in [5, 5.41) is 10.2. The molecule has 1 aliphatic carbocycles. The van der Waals surface area contributed by atoms with Gasteiger partial charge in [-0.15, -0.1) is 0 Å². The van der Waals surface area contributed by atoms with E-state index in [0.717, 1.165) is 0 Å². The van der Waals surface area contributed by atoms with Gasteiger partial charge in [-0.3, -0.25) is 14.5 Å². The zero-order valence-electron chi connectivity index (χ0n) is 11.4. The number of carbonyl (C=O) groups excluding carboxylic acids is 2. The van der Waals surface area contributed by atoms with E-state index in [1.54, 1.807) is 27.7 Å². The SMILES string of the molecule is CC(C)(O)C(C)(C)N1C(=O)[C@H]2CC=CC[C@H]2C1=O. The van der Waals surface area contributed by atoms with Gasteiger partial charge in [-0.25, -0.2) is 0 Å². The van der Waals surface area contributed by atoms with E-state index in [1.807, 2.05) is 12.2 Å². The van der Waals surface area contributed by atoms with Gasteiger partial charge in [0.1, 0.15) is 0 Å². The van der Waals surface area contributed by atoms with Crippen molar-refractivity contribution >= 4 is 11.8 Å². The van der Waals surface area contributed by atoms with Crippen LogP contribution >= 0.6 is 0 Å². The Morgan fingerprint density at radius 1 is 1.06 bits per heavy atom. The highest BCUT2D eigenvalue weighted by molar-refractivity contribution is 6.06. The Balaban J connectivity index is 2.37. The highest BCUT2D eigenvalue weighted by Gasteiger charge is 2.55. The van der Waals surface area contributed by atoms with Crippen molar-refractivity contribution in [2.24, 2.45) is 11.8 Å². The number of fused-ring (bicyclic) bond motifs is 1. The summed E-state index contributed by atoms with van der Waals surface area (Å²) in [7, 11) is 0. The van der Waals surface area contributed by atoms with E-state index in [4.69, 9.17) is 0 Å². The van der Waals surface area contributed by atoms with Crippen LogP contribution in [-0.2, 0) is 9.59 Å². The first kappa shape index (κ1) is 13.3. The highest BCUT2D eigenvalue weighted by Crippen LogP contribution is 2.41. The zero-order valence-corrected chi connectivity index (χ0v) is 11.4. The first-order chi connectivity index (χ1) is 8.18. The Hall–Kier alpha value is -1.16. The minimum atomic E-state index is -1.13. The summed E-state index contributed by atoms with van der Waals surface area (Å²) in [6.45, 7) is 6.75. The number of rotatable bonds is 2. The molecule has 2 atom stereocenters. The van der Waals surface area contributed by atoms with Crippen LogP contribution < -0.4 is 0 Å². The molecule has 4 heteroatoms. The van der Waals surface area contributed by atoms with Crippen molar-refractivity contribution in [1.82, 2.24) is 4.90 Å². The Kier molecular flexibility index (Phi) is 2.89. The van der Waals surface area contributed by atoms with Gasteiger partial charge in [0.2, 0.25) is 11.8 Å². The summed E-state index contributed by atoms with van der Waals surface area (Å²) in [4.78, 5) is 26.1. The molecule has 2 rings (SSSR count). The van der Waals surface area contributed by atoms with E-state index in [2.05, 4.69) is 0 Å². The molecule has 0 spiro atoms. The standard InChI is InChI=1S/C14H21NO3/c1-13(2,14(3,4)18)15-11(16)9-7-5-6-8-10(9)12(15)17/h5-6,9-10,18H,7-8H2,1-4H3/t9-,10+. The van der Waals surface area contributed by atoms with E-state index in [1.165, 1.54) is 4.90 Å². The molecule has 0 aromatic heterocycles. The van der Waals surface area contributed by atoms with Gasteiger partial charge in [-0.1, -0.05) is 12.2 Å². The molecule has 100 valence electrons. The molecule has 2 aliphatic rings. The number of aliphatic hydroxyl groups is 1. The summed E-state index contributed by atoms with van der Waals surface area (Å²) >= 11 is 0. The minimum Gasteiger partial charge on any atom is -0.388 e. The fraction of sp³-hybridized carbons (Fsp3) is 0.714. The van der Waals surface area contributed by atoms with Crippen LogP contribution in [0.3, 0.4) is 0 Å². The molecule has 0 aromatic carbocycles. The Bertz CT molecular complexity index is 391. The molecular formula is C14H21NO3. The summed E-state index contributed by atoms with van der Waals surface area (Å²) in [6, 6.07) is 0. The Labute approximate surface area is 108 Å². The Morgan fingerprint density at radius 2 is 1.44 bits per heavy atom. The molecule has 0 bridgehead atoms. The molecule has 2 amide bonds. The maximum atomic E-state index is 12.4. The number of likely N-dealkylation sites (tertiary alicyclic amines) is 1. The Morgan fingerprint density at radius 3 is 1.78 bits per heavy atom. The van der Waals surface area contributed by atoms with Crippen LogP contribution in [0.2, 0.25) is 0 Å². The molecule has 1 N–H and O–H groups in total. The maximum absolute atomic E-state index is 12.4. The van der Waals surface area contributed by atoms with Gasteiger partial charge >= 0.3 is 0 Å². The smallest absolute Gasteiger partial charge is 0.234 e. The van der Waals surface area contributed by atoms with Crippen LogP contribution in [0.1, 0.15) is 40.5 Å². The normalized spacial score (nSPS) is 28.8. The highest BCUT2D eigenvalue weighted by atomic mass is 16.3. The quantitative estimate of drug-likeness (QED) is 0.597. The number of hydrogen-bond donors (Lipinski definition) is 1. The van der Waals surface area contributed by atoms with Crippen molar-refractivity contribution in [3.8, 4) is 0 Å². The second-order valence-electron chi connectivity index (χ2n) is 6.29. The maximum Gasteiger partial charge on any atom is 0.234 e. The van der Waals surface area contributed by atoms with Crippen LogP contribution in [-0.4, -0.2) is 33.0 Å². The third-order valence-corrected chi connectivity index (χ3v) is 4.56. The molecule has 0 saturated carbocycles. The van der Waals surface area contributed by atoms with Gasteiger partial charge < -0.3 is 5.11 Å². The lowest BCUT2D eigenvalue weighted by atomic mass is 9.84. The first-order valence-corrected chi connectivity index (χ1v) is 6.43. The van der Waals surface area contributed by atoms with Crippen molar-refractivity contribution in [3.63, 3.8) is 0 Å². The van der Waals surface area contributed by atoms with Gasteiger partial charge in [0.15, 0.2) is 0 Å². The molecule has 1 heterocycles. The minimum absolute atomic E-state index is 0.138. The number of nitrogens with zero attached hydrogens (tertiary/aromatic N) is 1. The summed E-state index contributed by atoms with van der Waals surface area (Å²) in [5.74, 6) is -0.740. The first-order valence-electron chi connectivity index (χ1n) is 6.43. The van der Waals surface area contributed by atoms with E-state index < -0.39 is 11.1 Å². The topological polar surface area (TPSA) is 57.6 Å². The number of hydrogen-bond acceptors (Lipinski definition) is 3. The predicted molar refractivity (Wildman–Crippen MR) is 67.6 cm³/mol. The summed E-state index contributed by atoms with van der Waals surface area (Å²) in [6.07, 6.45) is 5.20. The monoisotopic (exact) mass is 251 g/mol. The number of allylic oxidation sites excluding steroid dienone is 2. The predicted octanol–water partition coefficient (Wildman–Crippen LogP) is 1.49. The molecule has 0 unspecified atom stereocenters. The lowest BCUT2D eigenvalue weighted by molar-refractivity contribution is -0.157. The van der Waals surface area contributed by atoms with Gasteiger partial charge in [0.05, 0.1) is 23.0 Å². The molecule has 1 aliphatic heterocycles. The van der Waals surface area contributed by atoms with Gasteiger partial charge in [-0.05, 0) is 40.5 Å². The van der Waals surface area contributed by atoms with Gasteiger partial charge in [0.25, 0.3) is 0 Å². The summed E-state index contributed by atoms with van der Waals surface area (Å²) in [5.41, 5.74) is -2.02. The van der Waals surface area contributed by atoms with Gasteiger partial charge in [0, 0.05) is 0 Å². The van der Waals surface area contributed by atoms with Gasteiger partial charge in [-0.2, -0.15) is 0 Å². The average Bonchev–Trinajstić information content (AvgIpc) is 2.51. The molecule has 0 radical (unpaired) electrons. The van der Waals surface area contributed by atoms with Crippen molar-refractivity contribution < 1.29 is 14.7 Å². The molecule has 0 aromatic rings. The van der Waals surface area contributed by atoms with Crippen LogP contribution in [0.4, 0.5) is 0 Å². The number of amides is 2. The van der Waals surface area contributed by atoms with Crippen molar-refractivity contribution in [3.05, 3.63) is 12.2 Å². The van der Waals surface area contributed by atoms with E-state index in [9.17, 15) is 14.7 Å². The fourth-order valence-corrected chi connectivity index (χ4v) is 2.62. The fourth-order valence-electron chi connectivity index (χ4n) is 2.62.